The highest BCUT2D eigenvalue weighted by Gasteiger charge is 2.21. The number of aliphatic carboxylic acids is 1. The van der Waals surface area contributed by atoms with E-state index in [1.54, 1.807) is 11.8 Å². The highest BCUT2D eigenvalue weighted by atomic mass is 32.2. The molecule has 0 saturated heterocycles. The van der Waals surface area contributed by atoms with Crippen LogP contribution in [0.1, 0.15) is 34.8 Å². The number of amides is 1. The fourth-order valence-electron chi connectivity index (χ4n) is 2.44. The number of nitrogens with one attached hydrogen (secondary N) is 1. The molecule has 1 aromatic carbocycles. The molecule has 5 nitrogen and oxygen atoms in total. The lowest BCUT2D eigenvalue weighted by Crippen LogP contribution is -2.41. The van der Waals surface area contributed by atoms with Crippen molar-refractivity contribution in [3.05, 3.63) is 47.0 Å². The zero-order valence-electron chi connectivity index (χ0n) is 15.3. The maximum Gasteiger partial charge on any atom is 0.326 e. The van der Waals surface area contributed by atoms with Crippen LogP contribution in [0.2, 0.25) is 0 Å². The Balaban J connectivity index is 2.93. The number of aryl methyl sites for hydroxylation is 1. The second-order valence-electron chi connectivity index (χ2n) is 5.97. The highest BCUT2D eigenvalue weighted by molar-refractivity contribution is 7.98. The number of rotatable bonds is 11. The number of carbonyl (C=O) groups excluding carboxylic acids is 1. The maximum atomic E-state index is 12.7. The van der Waals surface area contributed by atoms with Crippen LogP contribution in [0, 0.1) is 0 Å². The molecule has 0 radical (unpaired) electrons. The zero-order chi connectivity index (χ0) is 19.5. The summed E-state index contributed by atoms with van der Waals surface area (Å²) in [6, 6.07) is 4.77. The van der Waals surface area contributed by atoms with E-state index in [2.05, 4.69) is 17.9 Å². The fourth-order valence-corrected chi connectivity index (χ4v) is 3.03. The Morgan fingerprint density at radius 3 is 2.73 bits per heavy atom. The topological polar surface area (TPSA) is 92.4 Å². The minimum absolute atomic E-state index is 0.0937. The normalized spacial score (nSPS) is 13.5. The van der Waals surface area contributed by atoms with Gasteiger partial charge < -0.3 is 16.2 Å². The van der Waals surface area contributed by atoms with E-state index in [1.807, 2.05) is 43.5 Å². The van der Waals surface area contributed by atoms with Crippen LogP contribution in [0.5, 0.6) is 0 Å². The molecule has 0 heterocycles. The molecule has 4 N–H and O–H groups in total. The van der Waals surface area contributed by atoms with Crippen molar-refractivity contribution >= 4 is 36.3 Å². The van der Waals surface area contributed by atoms with Gasteiger partial charge in [0.1, 0.15) is 6.04 Å². The van der Waals surface area contributed by atoms with Gasteiger partial charge in [-0.15, -0.1) is 0 Å². The van der Waals surface area contributed by atoms with Gasteiger partial charge in [-0.3, -0.25) is 4.79 Å². The monoisotopic (exact) mass is 396 g/mol. The van der Waals surface area contributed by atoms with Crippen LogP contribution < -0.4 is 11.1 Å². The van der Waals surface area contributed by atoms with E-state index in [9.17, 15) is 14.7 Å². The smallest absolute Gasteiger partial charge is 0.326 e. The number of thioether (sulfide) groups is 1. The summed E-state index contributed by atoms with van der Waals surface area (Å²) in [6.45, 7) is 1.97. The Bertz CT molecular complexity index is 635. The Morgan fingerprint density at radius 1 is 1.42 bits per heavy atom. The Kier molecular flexibility index (Phi) is 10.5. The molecular formula is C19H28N2O3S2. The first-order chi connectivity index (χ1) is 12.4. The molecule has 144 valence electrons. The first kappa shape index (κ1) is 22.6. The van der Waals surface area contributed by atoms with Crippen molar-refractivity contribution < 1.29 is 14.7 Å². The third-order valence-electron chi connectivity index (χ3n) is 3.96. The summed E-state index contributed by atoms with van der Waals surface area (Å²) >= 11 is 5.69. The van der Waals surface area contributed by atoms with Crippen LogP contribution in [-0.4, -0.2) is 46.8 Å². The predicted octanol–water partition coefficient (Wildman–Crippen LogP) is 2.54. The third-order valence-corrected chi connectivity index (χ3v) is 5.03. The Labute approximate surface area is 165 Å². The lowest BCUT2D eigenvalue weighted by atomic mass is 9.99. The Morgan fingerprint density at radius 2 is 2.15 bits per heavy atom. The van der Waals surface area contributed by atoms with E-state index < -0.39 is 12.0 Å². The number of carbonyl (C=O) groups is 2. The van der Waals surface area contributed by atoms with Gasteiger partial charge in [0, 0.05) is 17.4 Å². The summed E-state index contributed by atoms with van der Waals surface area (Å²) in [5.74, 6) is -0.0989. The molecule has 0 spiro atoms. The first-order valence-corrected chi connectivity index (χ1v) is 10.6. The summed E-state index contributed by atoms with van der Waals surface area (Å²) in [7, 11) is 0. The Hall–Kier alpha value is -1.44. The molecule has 1 amide bonds. The van der Waals surface area contributed by atoms with Gasteiger partial charge in [-0.25, -0.2) is 4.79 Å². The summed E-state index contributed by atoms with van der Waals surface area (Å²) in [4.78, 5) is 24.0. The predicted molar refractivity (Wildman–Crippen MR) is 112 cm³/mol. The molecule has 0 fully saturated rings. The van der Waals surface area contributed by atoms with Crippen molar-refractivity contribution in [1.29, 1.82) is 0 Å². The molecule has 2 atom stereocenters. The number of thiol groups is 1. The minimum Gasteiger partial charge on any atom is -0.480 e. The van der Waals surface area contributed by atoms with Gasteiger partial charge in [-0.1, -0.05) is 31.2 Å². The van der Waals surface area contributed by atoms with Crippen molar-refractivity contribution in [3.63, 3.8) is 0 Å². The van der Waals surface area contributed by atoms with E-state index in [0.29, 0.717) is 36.3 Å². The SMILES string of the molecule is CCc1ccc(C/C=C/C(N)CS)cc1C(=O)N[C@@H](CCSC)C(=O)O. The average Bonchev–Trinajstić information content (AvgIpc) is 2.64. The number of benzene rings is 1. The number of carboxylic acids is 1. The van der Waals surface area contributed by atoms with E-state index in [0.717, 1.165) is 11.1 Å². The van der Waals surface area contributed by atoms with Crippen molar-refractivity contribution in [1.82, 2.24) is 5.32 Å². The summed E-state index contributed by atoms with van der Waals surface area (Å²) in [5.41, 5.74) is 8.21. The largest absolute Gasteiger partial charge is 0.480 e. The fraction of sp³-hybridized carbons (Fsp3) is 0.474. The van der Waals surface area contributed by atoms with Crippen LogP contribution >= 0.6 is 24.4 Å². The van der Waals surface area contributed by atoms with Gasteiger partial charge >= 0.3 is 5.97 Å². The van der Waals surface area contributed by atoms with E-state index >= 15 is 0 Å². The minimum atomic E-state index is -1.01. The second kappa shape index (κ2) is 12.0. The van der Waals surface area contributed by atoms with Crippen molar-refractivity contribution in [2.24, 2.45) is 5.73 Å². The van der Waals surface area contributed by atoms with Gasteiger partial charge in [-0.05, 0) is 48.5 Å². The zero-order valence-corrected chi connectivity index (χ0v) is 17.0. The molecule has 0 aliphatic heterocycles. The van der Waals surface area contributed by atoms with Gasteiger partial charge in [-0.2, -0.15) is 24.4 Å². The van der Waals surface area contributed by atoms with Gasteiger partial charge in [0.2, 0.25) is 0 Å². The first-order valence-electron chi connectivity index (χ1n) is 8.60. The molecule has 0 aromatic heterocycles. The third kappa shape index (κ3) is 7.43. The van der Waals surface area contributed by atoms with E-state index in [4.69, 9.17) is 5.73 Å². The molecule has 0 aliphatic carbocycles. The number of hydrogen-bond acceptors (Lipinski definition) is 5. The summed E-state index contributed by atoms with van der Waals surface area (Å²) in [6.07, 6.45) is 7.51. The number of carboxylic acid groups (broad SMARTS) is 1. The van der Waals surface area contributed by atoms with Crippen LogP contribution in [0.15, 0.2) is 30.4 Å². The van der Waals surface area contributed by atoms with Gasteiger partial charge in [0.25, 0.3) is 5.91 Å². The van der Waals surface area contributed by atoms with Crippen LogP contribution in [0.4, 0.5) is 0 Å². The van der Waals surface area contributed by atoms with Crippen molar-refractivity contribution in [2.75, 3.05) is 17.8 Å². The van der Waals surface area contributed by atoms with Gasteiger partial charge in [0.05, 0.1) is 0 Å². The van der Waals surface area contributed by atoms with E-state index in [-0.39, 0.29) is 11.9 Å². The average molecular weight is 397 g/mol. The van der Waals surface area contributed by atoms with Crippen LogP contribution in [-0.2, 0) is 17.6 Å². The highest BCUT2D eigenvalue weighted by Crippen LogP contribution is 2.15. The number of nitrogens with two attached hydrogens (primary N) is 1. The van der Waals surface area contributed by atoms with Crippen LogP contribution in [0.25, 0.3) is 0 Å². The molecular weight excluding hydrogens is 368 g/mol. The standard InChI is InChI=1S/C19H28N2O3S2/c1-3-14-8-7-13(5-4-6-15(20)12-25)11-16(14)18(22)21-17(19(23)24)9-10-26-2/h4,6-8,11,15,17,25H,3,5,9-10,12,20H2,1-2H3,(H,21,22)(H,23,24)/b6-4+/t15?,17-/m0/s1. The van der Waals surface area contributed by atoms with Gasteiger partial charge in [0.15, 0.2) is 0 Å². The summed E-state index contributed by atoms with van der Waals surface area (Å²) < 4.78 is 0. The molecule has 1 aromatic rings. The lowest BCUT2D eigenvalue weighted by molar-refractivity contribution is -0.139. The number of allylic oxidation sites excluding steroid dienone is 1. The molecule has 0 bridgehead atoms. The molecule has 1 rings (SSSR count). The van der Waals surface area contributed by atoms with Crippen LogP contribution in [0.3, 0.4) is 0 Å². The molecule has 1 unspecified atom stereocenters. The quantitative estimate of drug-likeness (QED) is 0.341. The van der Waals surface area contributed by atoms with Crippen molar-refractivity contribution in [3.8, 4) is 0 Å². The van der Waals surface area contributed by atoms with Crippen molar-refractivity contribution in [2.45, 2.75) is 38.3 Å². The molecule has 7 heteroatoms. The maximum absolute atomic E-state index is 12.7. The summed E-state index contributed by atoms with van der Waals surface area (Å²) in [5, 5.41) is 12.0. The number of hydrogen-bond donors (Lipinski definition) is 4. The molecule has 0 aliphatic rings. The van der Waals surface area contributed by atoms with E-state index in [1.165, 1.54) is 0 Å². The lowest BCUT2D eigenvalue weighted by Gasteiger charge is -2.16. The molecule has 0 saturated carbocycles. The second-order valence-corrected chi connectivity index (χ2v) is 7.32. The molecule has 26 heavy (non-hydrogen) atoms.